The van der Waals surface area contributed by atoms with Gasteiger partial charge in [-0.3, -0.25) is 14.4 Å². The zero-order valence-electron chi connectivity index (χ0n) is 17.0. The van der Waals surface area contributed by atoms with Crippen LogP contribution >= 0.6 is 23.2 Å². The van der Waals surface area contributed by atoms with Crippen LogP contribution in [0.15, 0.2) is 47.6 Å². The number of nitrogens with one attached hydrogen (secondary N) is 2. The Labute approximate surface area is 207 Å². The molecular formula is C18H9Cl2F6N7O2S. The summed E-state index contributed by atoms with van der Waals surface area (Å²) in [5.74, 6) is -2.30. The minimum absolute atomic E-state index is 0.146. The van der Waals surface area contributed by atoms with E-state index in [-0.39, 0.29) is 10.8 Å². The molecule has 0 aliphatic rings. The van der Waals surface area contributed by atoms with Crippen molar-refractivity contribution >= 4 is 38.9 Å². The van der Waals surface area contributed by atoms with Gasteiger partial charge in [-0.15, -0.1) is 10.2 Å². The van der Waals surface area contributed by atoms with Gasteiger partial charge in [0.25, 0.3) is 10.0 Å². The number of H-pyrrole nitrogens is 1. The van der Waals surface area contributed by atoms with Crippen LogP contribution in [0.1, 0.15) is 11.4 Å². The van der Waals surface area contributed by atoms with E-state index in [0.717, 1.165) is 36.7 Å². The zero-order chi connectivity index (χ0) is 26.5. The number of sulfonamides is 1. The number of hydrogen-bond donors (Lipinski definition) is 2. The van der Waals surface area contributed by atoms with Gasteiger partial charge in [-0.1, -0.05) is 23.2 Å². The van der Waals surface area contributed by atoms with Crippen LogP contribution in [0.25, 0.3) is 17.3 Å². The molecule has 0 spiro atoms. The number of aromatic nitrogens is 6. The smallest absolute Gasteiger partial charge is 0.277 e. The lowest BCUT2D eigenvalue weighted by atomic mass is 10.2. The molecule has 0 amide bonds. The predicted molar refractivity (Wildman–Crippen MR) is 114 cm³/mol. The molecule has 0 aliphatic carbocycles. The van der Waals surface area contributed by atoms with Gasteiger partial charge in [-0.05, 0) is 24.3 Å². The van der Waals surface area contributed by atoms with E-state index in [9.17, 15) is 34.8 Å². The zero-order valence-corrected chi connectivity index (χ0v) is 19.4. The fourth-order valence-electron chi connectivity index (χ4n) is 3.01. The third-order valence-corrected chi connectivity index (χ3v) is 6.41. The lowest BCUT2D eigenvalue weighted by Gasteiger charge is -2.15. The van der Waals surface area contributed by atoms with Crippen molar-refractivity contribution in [2.75, 3.05) is 4.72 Å². The second-order valence-corrected chi connectivity index (χ2v) is 9.44. The first-order chi connectivity index (χ1) is 16.7. The van der Waals surface area contributed by atoms with Crippen molar-refractivity contribution in [2.45, 2.75) is 17.2 Å². The average molecular weight is 572 g/mol. The van der Waals surface area contributed by atoms with Gasteiger partial charge in [0.05, 0.1) is 32.4 Å². The number of benzene rings is 1. The summed E-state index contributed by atoms with van der Waals surface area (Å²) in [7, 11) is -4.76. The standard InChI is InChI=1S/C18H9Cl2F6N7O2S/c19-8-5-12(32-36(34,35)9-1-2-11(20)10(6-9)17(21,22)23)14(27-7-8)15-30-31-16(18(24,25)26)33(15)13-3-4-28-29-13/h1-7,32H,(H,28,29). The molecule has 0 unspecified atom stereocenters. The van der Waals surface area contributed by atoms with E-state index in [1.165, 1.54) is 0 Å². The Morgan fingerprint density at radius 2 is 1.69 bits per heavy atom. The van der Waals surface area contributed by atoms with Crippen LogP contribution in [0.2, 0.25) is 10.0 Å². The molecule has 1 aromatic carbocycles. The molecule has 0 atom stereocenters. The monoisotopic (exact) mass is 571 g/mol. The Bertz CT molecular complexity index is 1540. The molecule has 2 N–H and O–H groups in total. The molecule has 3 aromatic heterocycles. The van der Waals surface area contributed by atoms with Crippen molar-refractivity contribution in [1.29, 1.82) is 0 Å². The largest absolute Gasteiger partial charge is 0.452 e. The van der Waals surface area contributed by atoms with Gasteiger partial charge in [-0.25, -0.2) is 13.4 Å². The van der Waals surface area contributed by atoms with E-state index in [4.69, 9.17) is 23.2 Å². The first-order valence-electron chi connectivity index (χ1n) is 9.26. The second kappa shape index (κ2) is 8.94. The lowest BCUT2D eigenvalue weighted by Crippen LogP contribution is -2.17. The van der Waals surface area contributed by atoms with Gasteiger partial charge in [0.15, 0.2) is 5.82 Å². The molecule has 0 aliphatic heterocycles. The summed E-state index contributed by atoms with van der Waals surface area (Å²) < 4.78 is 109. The SMILES string of the molecule is O=S(=O)(Nc1cc(Cl)cnc1-c1nnc(C(F)(F)F)n1-c1ccn[nH]1)c1ccc(Cl)c(C(F)(F)F)c1. The van der Waals surface area contributed by atoms with Crippen LogP contribution < -0.4 is 4.72 Å². The Morgan fingerprint density at radius 3 is 2.31 bits per heavy atom. The second-order valence-electron chi connectivity index (χ2n) is 6.92. The van der Waals surface area contributed by atoms with Crippen molar-refractivity contribution in [3.63, 3.8) is 0 Å². The van der Waals surface area contributed by atoms with Crippen LogP contribution in [0.4, 0.5) is 32.0 Å². The Hall–Kier alpha value is -3.37. The van der Waals surface area contributed by atoms with Gasteiger partial charge >= 0.3 is 12.4 Å². The number of rotatable bonds is 5. The van der Waals surface area contributed by atoms with Crippen molar-refractivity contribution < 1.29 is 34.8 Å². The quantitative estimate of drug-likeness (QED) is 0.318. The predicted octanol–water partition coefficient (Wildman–Crippen LogP) is 5.20. The van der Waals surface area contributed by atoms with Crippen LogP contribution in [-0.4, -0.2) is 38.4 Å². The molecule has 0 fully saturated rings. The van der Waals surface area contributed by atoms with Gasteiger partial charge in [0, 0.05) is 12.3 Å². The van der Waals surface area contributed by atoms with Gasteiger partial charge in [-0.2, -0.15) is 31.4 Å². The summed E-state index contributed by atoms with van der Waals surface area (Å²) in [6, 6.07) is 4.00. The molecule has 18 heteroatoms. The highest BCUT2D eigenvalue weighted by Crippen LogP contribution is 2.38. The molecule has 0 bridgehead atoms. The summed E-state index contributed by atoms with van der Waals surface area (Å²) in [5.41, 5.74) is -2.37. The van der Waals surface area contributed by atoms with E-state index < -0.39 is 60.9 Å². The van der Waals surface area contributed by atoms with E-state index in [1.54, 1.807) is 0 Å². The van der Waals surface area contributed by atoms with Crippen LogP contribution in [0.5, 0.6) is 0 Å². The van der Waals surface area contributed by atoms with E-state index in [1.807, 2.05) is 4.72 Å². The number of anilines is 1. The van der Waals surface area contributed by atoms with E-state index in [2.05, 4.69) is 25.4 Å². The van der Waals surface area contributed by atoms with E-state index in [0.29, 0.717) is 10.6 Å². The molecule has 3 heterocycles. The molecule has 9 nitrogen and oxygen atoms in total. The minimum atomic E-state index is -4.99. The third-order valence-electron chi connectivity index (χ3n) is 4.51. The highest BCUT2D eigenvalue weighted by atomic mass is 35.5. The number of pyridine rings is 1. The van der Waals surface area contributed by atoms with Gasteiger partial charge in [0.2, 0.25) is 5.82 Å². The maximum absolute atomic E-state index is 13.6. The fraction of sp³-hybridized carbons (Fsp3) is 0.111. The number of aromatic amines is 1. The molecule has 0 saturated carbocycles. The number of alkyl halides is 6. The third kappa shape index (κ3) is 4.96. The fourth-order valence-corrected chi connectivity index (χ4v) is 4.48. The number of nitrogens with zero attached hydrogens (tertiary/aromatic N) is 5. The number of halogens is 8. The Kier molecular flexibility index (Phi) is 6.38. The molecule has 0 radical (unpaired) electrons. The van der Waals surface area contributed by atoms with Crippen molar-refractivity contribution in [3.05, 3.63) is 64.2 Å². The maximum atomic E-state index is 13.6. The van der Waals surface area contributed by atoms with Crippen LogP contribution in [0, 0.1) is 0 Å². The molecular weight excluding hydrogens is 563 g/mol. The van der Waals surface area contributed by atoms with E-state index >= 15 is 0 Å². The van der Waals surface area contributed by atoms with Crippen molar-refractivity contribution in [1.82, 2.24) is 29.9 Å². The molecule has 4 rings (SSSR count). The highest BCUT2D eigenvalue weighted by molar-refractivity contribution is 7.92. The topological polar surface area (TPSA) is 118 Å². The van der Waals surface area contributed by atoms with Crippen LogP contribution in [0.3, 0.4) is 0 Å². The lowest BCUT2D eigenvalue weighted by molar-refractivity contribution is -0.146. The highest BCUT2D eigenvalue weighted by Gasteiger charge is 2.40. The summed E-state index contributed by atoms with van der Waals surface area (Å²) in [5, 5.41) is 11.6. The molecule has 36 heavy (non-hydrogen) atoms. The summed E-state index contributed by atoms with van der Waals surface area (Å²) in [6.07, 6.45) is -7.80. The summed E-state index contributed by atoms with van der Waals surface area (Å²) >= 11 is 11.4. The van der Waals surface area contributed by atoms with Gasteiger partial charge < -0.3 is 0 Å². The maximum Gasteiger partial charge on any atom is 0.452 e. The van der Waals surface area contributed by atoms with Gasteiger partial charge in [0.1, 0.15) is 11.5 Å². The first-order valence-corrected chi connectivity index (χ1v) is 11.5. The Morgan fingerprint density at radius 1 is 0.972 bits per heavy atom. The van der Waals surface area contributed by atoms with Crippen molar-refractivity contribution in [2.24, 2.45) is 0 Å². The minimum Gasteiger partial charge on any atom is -0.277 e. The molecule has 4 aromatic rings. The van der Waals surface area contributed by atoms with Crippen molar-refractivity contribution in [3.8, 4) is 17.3 Å². The van der Waals surface area contributed by atoms with Crippen LogP contribution in [-0.2, 0) is 22.4 Å². The average Bonchev–Trinajstić information content (AvgIpc) is 3.42. The first kappa shape index (κ1) is 25.7. The Balaban J connectivity index is 1.86. The molecule has 0 saturated heterocycles. The summed E-state index contributed by atoms with van der Waals surface area (Å²) in [4.78, 5) is 3.04. The summed E-state index contributed by atoms with van der Waals surface area (Å²) in [6.45, 7) is 0. The molecule has 190 valence electrons. The normalized spacial score (nSPS) is 12.7. The number of hydrogen-bond acceptors (Lipinski definition) is 6.